The lowest BCUT2D eigenvalue weighted by Crippen LogP contribution is -2.39. The molecular formula is C36H34Cl2F2N8O6S. The van der Waals surface area contributed by atoms with Crippen LogP contribution in [-0.2, 0) is 15.0 Å². The van der Waals surface area contributed by atoms with E-state index in [-0.39, 0.29) is 45.3 Å². The number of carboxylic acids is 1. The highest BCUT2D eigenvalue weighted by Gasteiger charge is 2.30. The number of carbonyl (C=O) groups is 3. The van der Waals surface area contributed by atoms with Gasteiger partial charge in [-0.2, -0.15) is 12.7 Å². The number of ketones is 1. The largest absolute Gasteiger partial charge is 0.480 e. The van der Waals surface area contributed by atoms with Gasteiger partial charge in [-0.25, -0.2) is 23.7 Å². The number of pyridine rings is 1. The van der Waals surface area contributed by atoms with Crippen molar-refractivity contribution in [1.82, 2.24) is 29.1 Å². The summed E-state index contributed by atoms with van der Waals surface area (Å²) in [6.07, 6.45) is 7.24. The Bertz CT molecular complexity index is 2390. The lowest BCUT2D eigenvalue weighted by molar-refractivity contribution is -0.136. The predicted molar refractivity (Wildman–Crippen MR) is 203 cm³/mol. The van der Waals surface area contributed by atoms with E-state index in [9.17, 15) is 22.8 Å². The van der Waals surface area contributed by atoms with E-state index < -0.39 is 50.8 Å². The fourth-order valence-corrected chi connectivity index (χ4v) is 7.63. The van der Waals surface area contributed by atoms with E-state index in [4.69, 9.17) is 28.3 Å². The van der Waals surface area contributed by atoms with Gasteiger partial charge in [0.1, 0.15) is 11.5 Å². The molecule has 1 fully saturated rings. The number of aromatic nitrogens is 4. The molecule has 14 nitrogen and oxygen atoms in total. The van der Waals surface area contributed by atoms with E-state index in [0.29, 0.717) is 42.6 Å². The first-order valence-electron chi connectivity index (χ1n) is 17.0. The summed E-state index contributed by atoms with van der Waals surface area (Å²) in [4.78, 5) is 54.4. The number of rotatable bonds is 13. The van der Waals surface area contributed by atoms with Crippen LogP contribution in [0.15, 0.2) is 61.2 Å². The summed E-state index contributed by atoms with van der Waals surface area (Å²) < 4.78 is 60.6. The minimum atomic E-state index is -4.25. The lowest BCUT2D eigenvalue weighted by atomic mass is 9.97. The number of carbonyl (C=O) groups excluding carboxylic acids is 2. The van der Waals surface area contributed by atoms with Crippen molar-refractivity contribution in [3.05, 3.63) is 99.6 Å². The molecular weight excluding hydrogens is 781 g/mol. The van der Waals surface area contributed by atoms with E-state index in [2.05, 4.69) is 20.3 Å². The molecule has 0 amide bonds. The predicted octanol–water partition coefficient (Wildman–Crippen LogP) is 5.50. The smallest absolute Gasteiger partial charge is 0.317 e. The number of piperidine rings is 1. The third-order valence-corrected chi connectivity index (χ3v) is 11.5. The third kappa shape index (κ3) is 8.30. The minimum absolute atomic E-state index is 0.00860. The maximum absolute atomic E-state index is 16.0. The van der Waals surface area contributed by atoms with Crippen molar-refractivity contribution in [2.45, 2.75) is 19.8 Å². The van der Waals surface area contributed by atoms with Crippen molar-refractivity contribution in [2.24, 2.45) is 5.92 Å². The lowest BCUT2D eigenvalue weighted by Gasteiger charge is -2.32. The minimum Gasteiger partial charge on any atom is -0.480 e. The molecule has 4 heterocycles. The van der Waals surface area contributed by atoms with Crippen LogP contribution in [0.1, 0.15) is 46.0 Å². The molecule has 3 N–H and O–H groups in total. The zero-order valence-corrected chi connectivity index (χ0v) is 31.7. The van der Waals surface area contributed by atoms with E-state index in [0.717, 1.165) is 40.0 Å². The van der Waals surface area contributed by atoms with E-state index >= 15 is 8.78 Å². The summed E-state index contributed by atoms with van der Waals surface area (Å²) in [5.74, 6) is -4.84. The number of carboxylic acid groups (broad SMARTS) is 1. The van der Waals surface area contributed by atoms with Crippen LogP contribution in [0.3, 0.4) is 0 Å². The van der Waals surface area contributed by atoms with Gasteiger partial charge in [0.2, 0.25) is 11.7 Å². The molecule has 3 aromatic heterocycles. The van der Waals surface area contributed by atoms with Crippen molar-refractivity contribution >= 4 is 73.7 Å². The molecule has 0 radical (unpaired) electrons. The quantitative estimate of drug-likeness (QED) is 0.128. The van der Waals surface area contributed by atoms with Gasteiger partial charge in [0.25, 0.3) is 5.91 Å². The molecule has 2 aromatic carbocycles. The second kappa shape index (κ2) is 16.3. The highest BCUT2D eigenvalue weighted by molar-refractivity contribution is 7.90. The number of anilines is 2. The monoisotopic (exact) mass is 814 g/mol. The Balaban J connectivity index is 1.37. The van der Waals surface area contributed by atoms with Gasteiger partial charge in [-0.15, -0.1) is 0 Å². The van der Waals surface area contributed by atoms with Crippen molar-refractivity contribution < 1.29 is 36.7 Å². The van der Waals surface area contributed by atoms with Crippen LogP contribution in [0, 0.1) is 17.6 Å². The molecule has 55 heavy (non-hydrogen) atoms. The molecule has 288 valence electrons. The number of hydrogen-bond acceptors (Lipinski definition) is 10. The molecule has 19 heteroatoms. The number of benzene rings is 2. The van der Waals surface area contributed by atoms with Gasteiger partial charge in [-0.05, 0) is 55.6 Å². The van der Waals surface area contributed by atoms with Gasteiger partial charge in [-0.1, -0.05) is 36.2 Å². The van der Waals surface area contributed by atoms with Crippen LogP contribution >= 0.6 is 23.2 Å². The summed E-state index contributed by atoms with van der Waals surface area (Å²) in [7, 11) is -3.00. The second-order valence-corrected chi connectivity index (χ2v) is 15.4. The topological polar surface area (TPSA) is 180 Å². The van der Waals surface area contributed by atoms with E-state index in [1.165, 1.54) is 37.5 Å². The molecule has 0 unspecified atom stereocenters. The average molecular weight is 816 g/mol. The highest BCUT2D eigenvalue weighted by atomic mass is 35.5. The molecule has 0 bridgehead atoms. The van der Waals surface area contributed by atoms with Gasteiger partial charge in [0.15, 0.2) is 5.82 Å². The van der Waals surface area contributed by atoms with Crippen molar-refractivity contribution in [3.63, 3.8) is 0 Å². The van der Waals surface area contributed by atoms with Gasteiger partial charge in [0.05, 0.1) is 39.0 Å². The Hall–Kier alpha value is -5.07. The average Bonchev–Trinajstić information content (AvgIpc) is 3.55. The fourth-order valence-electron chi connectivity index (χ4n) is 6.14. The Morgan fingerprint density at radius 3 is 2.27 bits per heavy atom. The number of halogens is 4. The highest BCUT2D eigenvalue weighted by Crippen LogP contribution is 2.33. The summed E-state index contributed by atoms with van der Waals surface area (Å²) in [5, 5.41) is 11.8. The molecule has 0 spiro atoms. The van der Waals surface area contributed by atoms with E-state index in [1.807, 2.05) is 9.62 Å². The molecule has 5 aromatic rings. The summed E-state index contributed by atoms with van der Waals surface area (Å²) in [5.41, 5.74) is -1.35. The van der Waals surface area contributed by atoms with Crippen LogP contribution < -0.4 is 14.9 Å². The van der Waals surface area contributed by atoms with Crippen LogP contribution in [0.4, 0.5) is 20.4 Å². The number of hydrogen-bond donors (Lipinski definition) is 3. The summed E-state index contributed by atoms with van der Waals surface area (Å²) in [6.45, 7) is 3.43. The van der Waals surface area contributed by atoms with Crippen LogP contribution in [0.2, 0.25) is 10.0 Å². The maximum atomic E-state index is 16.0. The standard InChI is InChI=1S/C36H34Cl2F2N8O6S/c1-3-46(2)55(53,54)45-28-8-7-27(39)31(32(28)40)33(51)24-19-48(35(52)30-25(37)5-4-6-26(30)38)34-23(24)13-21(15-42-34)22-16-43-36(44-17-22)47-11-9-20(10-12-47)14-41-18-29(49)50/h4-8,13,15-17,19-20,41,45H,3,9-12,14,18H2,1-2H3,(H,49,50). The third-order valence-electron chi connectivity index (χ3n) is 9.27. The molecule has 1 aliphatic heterocycles. The molecule has 0 atom stereocenters. The number of nitrogens with one attached hydrogen (secondary N) is 2. The number of aliphatic carboxylic acids is 1. The Morgan fingerprint density at radius 2 is 1.64 bits per heavy atom. The Labute approximate surface area is 324 Å². The first-order valence-corrected chi connectivity index (χ1v) is 19.2. The number of nitrogens with zero attached hydrogens (tertiary/aromatic N) is 6. The Morgan fingerprint density at radius 1 is 0.982 bits per heavy atom. The van der Waals surface area contributed by atoms with E-state index in [1.54, 1.807) is 19.3 Å². The summed E-state index contributed by atoms with van der Waals surface area (Å²) in [6, 6.07) is 7.55. The Kier molecular flexibility index (Phi) is 11.8. The zero-order chi connectivity index (χ0) is 39.6. The summed E-state index contributed by atoms with van der Waals surface area (Å²) >= 11 is 12.7. The zero-order valence-electron chi connectivity index (χ0n) is 29.4. The van der Waals surface area contributed by atoms with Gasteiger partial charge in [-0.3, -0.25) is 23.7 Å². The molecule has 6 rings (SSSR count). The molecule has 1 saturated heterocycles. The van der Waals surface area contributed by atoms with Crippen molar-refractivity contribution in [1.29, 1.82) is 0 Å². The van der Waals surface area contributed by atoms with Crippen LogP contribution in [-0.4, -0.2) is 94.8 Å². The molecule has 0 saturated carbocycles. The first kappa shape index (κ1) is 39.6. The fraction of sp³-hybridized carbons (Fsp3) is 0.278. The maximum Gasteiger partial charge on any atom is 0.317 e. The van der Waals surface area contributed by atoms with Crippen molar-refractivity contribution in [3.8, 4) is 11.1 Å². The normalized spacial score (nSPS) is 13.8. The number of fused-ring (bicyclic) bond motifs is 1. The van der Waals surface area contributed by atoms with Gasteiger partial charge < -0.3 is 15.3 Å². The molecule has 1 aliphatic rings. The van der Waals surface area contributed by atoms with Gasteiger partial charge >= 0.3 is 16.2 Å². The molecule has 0 aliphatic carbocycles. The van der Waals surface area contributed by atoms with Crippen LogP contribution in [0.25, 0.3) is 22.2 Å². The van der Waals surface area contributed by atoms with Gasteiger partial charge in [0, 0.05) is 68.0 Å². The first-order chi connectivity index (χ1) is 26.2. The van der Waals surface area contributed by atoms with Crippen LogP contribution in [0.5, 0.6) is 0 Å². The second-order valence-electron chi connectivity index (χ2n) is 12.8. The SMILES string of the molecule is CCN(C)S(=O)(=O)Nc1ccc(F)c(C(=O)c2cn(C(=O)c3c(Cl)cccc3Cl)c3ncc(-c4cnc(N5CCC(CNCC(=O)O)CC5)nc4)cc23)c1F. The van der Waals surface area contributed by atoms with Crippen molar-refractivity contribution in [2.75, 3.05) is 49.4 Å².